The van der Waals surface area contributed by atoms with Gasteiger partial charge in [-0.25, -0.2) is 0 Å². The molecule has 3 nitrogen and oxygen atoms in total. The lowest BCUT2D eigenvalue weighted by Crippen LogP contribution is -2.19. The van der Waals surface area contributed by atoms with Crippen molar-refractivity contribution in [2.45, 2.75) is 6.04 Å². The summed E-state index contributed by atoms with van der Waals surface area (Å²) in [4.78, 5) is 2.13. The molecule has 1 N–H and O–H groups in total. The highest BCUT2D eigenvalue weighted by molar-refractivity contribution is 5.85. The zero-order valence-corrected chi connectivity index (χ0v) is 8.16. The highest BCUT2D eigenvalue weighted by Gasteiger charge is 2.13. The standard InChI is InChI=1S/C9H11N3.ClH/c1-12-7-3-2-4-9(12)8-5-6-10-11-8;/h2-7,9H,1H3,(H,10,11);1H. The Balaban J connectivity index is 0.000000845. The van der Waals surface area contributed by atoms with Gasteiger partial charge in [-0.15, -0.1) is 12.4 Å². The van der Waals surface area contributed by atoms with Crippen molar-refractivity contribution in [3.05, 3.63) is 42.4 Å². The molecule has 0 bridgehead atoms. The van der Waals surface area contributed by atoms with Gasteiger partial charge in [-0.3, -0.25) is 5.10 Å². The van der Waals surface area contributed by atoms with Crippen molar-refractivity contribution in [1.82, 2.24) is 15.1 Å². The lowest BCUT2D eigenvalue weighted by Gasteiger charge is -2.24. The summed E-state index contributed by atoms with van der Waals surface area (Å²) in [6, 6.07) is 2.29. The van der Waals surface area contributed by atoms with Crippen molar-refractivity contribution >= 4 is 12.4 Å². The number of aromatic nitrogens is 2. The molecule has 0 amide bonds. The summed E-state index contributed by atoms with van der Waals surface area (Å²) in [6.07, 6.45) is 10.0. The van der Waals surface area contributed by atoms with E-state index in [-0.39, 0.29) is 12.4 Å². The maximum atomic E-state index is 3.92. The third kappa shape index (κ3) is 1.92. The third-order valence-electron chi connectivity index (χ3n) is 2.01. The zero-order chi connectivity index (χ0) is 8.39. The van der Waals surface area contributed by atoms with Gasteiger partial charge in [-0.2, -0.15) is 5.10 Å². The Morgan fingerprint density at radius 1 is 1.46 bits per heavy atom. The van der Waals surface area contributed by atoms with Gasteiger partial charge in [0.15, 0.2) is 0 Å². The molecule has 2 heterocycles. The fourth-order valence-corrected chi connectivity index (χ4v) is 1.34. The van der Waals surface area contributed by atoms with Crippen molar-refractivity contribution in [2.75, 3.05) is 7.05 Å². The van der Waals surface area contributed by atoms with Gasteiger partial charge in [-0.1, -0.05) is 12.2 Å². The van der Waals surface area contributed by atoms with E-state index in [1.807, 2.05) is 31.5 Å². The summed E-state index contributed by atoms with van der Waals surface area (Å²) in [5, 5.41) is 6.88. The third-order valence-corrected chi connectivity index (χ3v) is 2.01. The van der Waals surface area contributed by atoms with Crippen LogP contribution in [0.4, 0.5) is 0 Å². The Bertz CT molecular complexity index is 303. The summed E-state index contributed by atoms with van der Waals surface area (Å²) in [6.45, 7) is 0. The van der Waals surface area contributed by atoms with E-state index in [0.717, 1.165) is 5.69 Å². The summed E-state index contributed by atoms with van der Waals surface area (Å²) in [5.74, 6) is 0. The minimum atomic E-state index is 0. The van der Waals surface area contributed by atoms with Gasteiger partial charge in [0.2, 0.25) is 0 Å². The predicted octanol–water partition coefficient (Wildman–Crippen LogP) is 1.89. The molecular weight excluding hydrogens is 186 g/mol. The summed E-state index contributed by atoms with van der Waals surface area (Å²) in [7, 11) is 2.05. The molecule has 70 valence electrons. The maximum Gasteiger partial charge on any atom is 0.0885 e. The van der Waals surface area contributed by atoms with Gasteiger partial charge in [-0.05, 0) is 18.3 Å². The van der Waals surface area contributed by atoms with Crippen molar-refractivity contribution in [1.29, 1.82) is 0 Å². The van der Waals surface area contributed by atoms with E-state index in [0.29, 0.717) is 6.04 Å². The van der Waals surface area contributed by atoms with Gasteiger partial charge < -0.3 is 4.90 Å². The summed E-state index contributed by atoms with van der Waals surface area (Å²) in [5.41, 5.74) is 1.12. The largest absolute Gasteiger partial charge is 0.368 e. The molecule has 2 rings (SSSR count). The molecule has 0 spiro atoms. The minimum absolute atomic E-state index is 0. The number of nitrogens with one attached hydrogen (secondary N) is 1. The first kappa shape index (κ1) is 9.86. The van der Waals surface area contributed by atoms with Crippen LogP contribution in [0.1, 0.15) is 11.7 Å². The number of nitrogens with zero attached hydrogens (tertiary/aromatic N) is 2. The van der Waals surface area contributed by atoms with E-state index in [4.69, 9.17) is 0 Å². The molecule has 1 aliphatic heterocycles. The van der Waals surface area contributed by atoms with E-state index in [2.05, 4.69) is 21.2 Å². The van der Waals surface area contributed by atoms with Crippen LogP contribution in [0.2, 0.25) is 0 Å². The highest BCUT2D eigenvalue weighted by atomic mass is 35.5. The van der Waals surface area contributed by atoms with Crippen molar-refractivity contribution in [3.63, 3.8) is 0 Å². The van der Waals surface area contributed by atoms with Crippen LogP contribution < -0.4 is 0 Å². The molecule has 0 saturated carbocycles. The zero-order valence-electron chi connectivity index (χ0n) is 7.34. The van der Waals surface area contributed by atoms with Gasteiger partial charge in [0.25, 0.3) is 0 Å². The monoisotopic (exact) mass is 197 g/mol. The summed E-state index contributed by atoms with van der Waals surface area (Å²) >= 11 is 0. The van der Waals surface area contributed by atoms with Crippen molar-refractivity contribution < 1.29 is 0 Å². The number of rotatable bonds is 1. The number of hydrogen-bond donors (Lipinski definition) is 1. The normalized spacial score (nSPS) is 20.1. The molecule has 13 heavy (non-hydrogen) atoms. The molecule has 1 unspecified atom stereocenters. The van der Waals surface area contributed by atoms with Crippen LogP contribution in [0.25, 0.3) is 0 Å². The first-order valence-corrected chi connectivity index (χ1v) is 3.94. The number of hydrogen-bond acceptors (Lipinski definition) is 2. The lowest BCUT2D eigenvalue weighted by atomic mass is 10.1. The Labute approximate surface area is 83.5 Å². The Hall–Kier alpha value is -1.22. The van der Waals surface area contributed by atoms with E-state index >= 15 is 0 Å². The van der Waals surface area contributed by atoms with Crippen LogP contribution >= 0.6 is 12.4 Å². The van der Waals surface area contributed by atoms with Crippen LogP contribution in [-0.4, -0.2) is 22.1 Å². The molecule has 1 aromatic heterocycles. The molecule has 0 aliphatic carbocycles. The minimum Gasteiger partial charge on any atom is -0.368 e. The highest BCUT2D eigenvalue weighted by Crippen LogP contribution is 2.20. The van der Waals surface area contributed by atoms with Gasteiger partial charge in [0.1, 0.15) is 0 Å². The number of allylic oxidation sites excluding steroid dienone is 2. The van der Waals surface area contributed by atoms with Crippen LogP contribution in [0.15, 0.2) is 36.7 Å². The quantitative estimate of drug-likeness (QED) is 0.746. The second kappa shape index (κ2) is 4.14. The average Bonchev–Trinajstić information content (AvgIpc) is 2.57. The second-order valence-electron chi connectivity index (χ2n) is 2.85. The second-order valence-corrected chi connectivity index (χ2v) is 2.85. The van der Waals surface area contributed by atoms with Crippen LogP contribution in [0, 0.1) is 0 Å². The molecule has 0 fully saturated rings. The average molecular weight is 198 g/mol. The van der Waals surface area contributed by atoms with Gasteiger partial charge >= 0.3 is 0 Å². The van der Waals surface area contributed by atoms with Crippen LogP contribution in [0.5, 0.6) is 0 Å². The smallest absolute Gasteiger partial charge is 0.0885 e. The van der Waals surface area contributed by atoms with Crippen molar-refractivity contribution in [3.8, 4) is 0 Å². The number of likely N-dealkylation sites (N-methyl/N-ethyl adjacent to an activating group) is 1. The molecule has 4 heteroatoms. The fraction of sp³-hybridized carbons (Fsp3) is 0.222. The van der Waals surface area contributed by atoms with Crippen LogP contribution in [0.3, 0.4) is 0 Å². The Kier molecular flexibility index (Phi) is 3.14. The molecule has 0 aromatic carbocycles. The Morgan fingerprint density at radius 2 is 2.31 bits per heavy atom. The first-order chi connectivity index (χ1) is 5.88. The molecular formula is C9H12ClN3. The van der Waals surface area contributed by atoms with Gasteiger partial charge in [0.05, 0.1) is 11.7 Å². The predicted molar refractivity (Wildman–Crippen MR) is 54.6 cm³/mol. The number of H-pyrrole nitrogens is 1. The van der Waals surface area contributed by atoms with Crippen molar-refractivity contribution in [2.24, 2.45) is 0 Å². The molecule has 0 saturated heterocycles. The molecule has 1 aliphatic rings. The van der Waals surface area contributed by atoms with Crippen LogP contribution in [-0.2, 0) is 0 Å². The summed E-state index contributed by atoms with van der Waals surface area (Å²) < 4.78 is 0. The number of halogens is 1. The van der Waals surface area contributed by atoms with E-state index in [1.165, 1.54) is 0 Å². The molecule has 1 aromatic rings. The SMILES string of the molecule is CN1C=CC=CC1c1ccn[nH]1.Cl. The fourth-order valence-electron chi connectivity index (χ4n) is 1.34. The Morgan fingerprint density at radius 3 is 2.92 bits per heavy atom. The maximum absolute atomic E-state index is 3.92. The van der Waals surface area contributed by atoms with Gasteiger partial charge in [0, 0.05) is 13.2 Å². The number of aromatic amines is 1. The molecule has 0 radical (unpaired) electrons. The lowest BCUT2D eigenvalue weighted by molar-refractivity contribution is 0.382. The van der Waals surface area contributed by atoms with E-state index < -0.39 is 0 Å². The molecule has 1 atom stereocenters. The topological polar surface area (TPSA) is 31.9 Å². The van der Waals surface area contributed by atoms with E-state index in [9.17, 15) is 0 Å². The van der Waals surface area contributed by atoms with E-state index in [1.54, 1.807) is 6.20 Å². The first-order valence-electron chi connectivity index (χ1n) is 3.94.